The fraction of sp³-hybridized carbons (Fsp3) is 0.818. The predicted octanol–water partition coefficient (Wildman–Crippen LogP) is 2.63. The molecule has 1 aromatic heterocycles. The molecule has 2 atom stereocenters. The second-order valence-electron chi connectivity index (χ2n) is 4.96. The van der Waals surface area contributed by atoms with Crippen LogP contribution in [0.2, 0.25) is 0 Å². The molecule has 2 rings (SSSR count). The van der Waals surface area contributed by atoms with Crippen LogP contribution in [0.25, 0.3) is 0 Å². The Morgan fingerprint density at radius 2 is 2.31 bits per heavy atom. The van der Waals surface area contributed by atoms with Crippen molar-refractivity contribution in [1.29, 1.82) is 0 Å². The number of hydrogen-bond donors (Lipinski definition) is 1. The van der Waals surface area contributed by atoms with Gasteiger partial charge in [-0.3, -0.25) is 5.10 Å². The third kappa shape index (κ3) is 1.62. The van der Waals surface area contributed by atoms with E-state index in [9.17, 15) is 0 Å². The van der Waals surface area contributed by atoms with E-state index in [0.717, 1.165) is 18.9 Å². The van der Waals surface area contributed by atoms with E-state index in [2.05, 4.69) is 28.6 Å². The van der Waals surface area contributed by atoms with Crippen LogP contribution < -0.4 is 0 Å². The summed E-state index contributed by atoms with van der Waals surface area (Å²) < 4.78 is 8.55. The molecule has 1 aliphatic carbocycles. The Hall–Kier alpha value is -0.680. The van der Waals surface area contributed by atoms with E-state index in [4.69, 9.17) is 17.0 Å². The zero-order valence-corrected chi connectivity index (χ0v) is 11.1. The molecule has 5 heteroatoms. The Balaban J connectivity index is 2.24. The lowest BCUT2D eigenvalue weighted by atomic mass is 9.64. The van der Waals surface area contributed by atoms with Gasteiger partial charge in [-0.15, -0.1) is 0 Å². The van der Waals surface area contributed by atoms with Gasteiger partial charge in [0.1, 0.15) is 5.82 Å². The Kier molecular flexibility index (Phi) is 2.92. The lowest BCUT2D eigenvalue weighted by molar-refractivity contribution is -0.128. The maximum atomic E-state index is 5.72. The molecule has 1 aromatic rings. The SMILES string of the molecule is CCOC1CC(n2c(C)n[nH]c2=S)C1(C)C. The number of hydrogen-bond acceptors (Lipinski definition) is 3. The molecule has 0 aliphatic heterocycles. The third-order valence-corrected chi connectivity index (χ3v) is 3.97. The Bertz CT molecular complexity index is 435. The quantitative estimate of drug-likeness (QED) is 0.827. The minimum Gasteiger partial charge on any atom is -0.378 e. The largest absolute Gasteiger partial charge is 0.378 e. The number of nitrogens with one attached hydrogen (secondary N) is 1. The van der Waals surface area contributed by atoms with E-state index in [1.54, 1.807) is 0 Å². The van der Waals surface area contributed by atoms with Crippen molar-refractivity contribution in [3.05, 3.63) is 10.6 Å². The number of H-pyrrole nitrogens is 1. The van der Waals surface area contributed by atoms with Gasteiger partial charge in [-0.25, -0.2) is 0 Å². The van der Waals surface area contributed by atoms with E-state index >= 15 is 0 Å². The van der Waals surface area contributed by atoms with Crippen molar-refractivity contribution in [2.45, 2.75) is 46.3 Å². The zero-order chi connectivity index (χ0) is 11.9. The molecule has 0 bridgehead atoms. The Morgan fingerprint density at radius 3 is 2.75 bits per heavy atom. The standard InChI is InChI=1S/C11H19N3OS/c1-5-15-9-6-8(11(9,3)4)14-7(2)12-13-10(14)16/h8-9H,5-6H2,1-4H3,(H,13,16). The van der Waals surface area contributed by atoms with Crippen LogP contribution in [-0.2, 0) is 4.74 Å². The van der Waals surface area contributed by atoms with Gasteiger partial charge in [-0.1, -0.05) is 13.8 Å². The van der Waals surface area contributed by atoms with Gasteiger partial charge in [0.25, 0.3) is 0 Å². The van der Waals surface area contributed by atoms with Crippen LogP contribution in [0.4, 0.5) is 0 Å². The fourth-order valence-corrected chi connectivity index (χ4v) is 2.84. The van der Waals surface area contributed by atoms with Gasteiger partial charge in [0, 0.05) is 18.1 Å². The summed E-state index contributed by atoms with van der Waals surface area (Å²) in [5.41, 5.74) is 0.128. The lowest BCUT2D eigenvalue weighted by Gasteiger charge is -2.51. The Labute approximate surface area is 101 Å². The highest BCUT2D eigenvalue weighted by molar-refractivity contribution is 7.71. The molecule has 1 fully saturated rings. The summed E-state index contributed by atoms with van der Waals surface area (Å²) in [6.07, 6.45) is 1.36. The molecule has 1 saturated carbocycles. The van der Waals surface area contributed by atoms with Crippen LogP contribution in [0.3, 0.4) is 0 Å². The summed E-state index contributed by atoms with van der Waals surface area (Å²) in [4.78, 5) is 0. The molecule has 1 heterocycles. The van der Waals surface area contributed by atoms with E-state index in [0.29, 0.717) is 16.9 Å². The van der Waals surface area contributed by atoms with Gasteiger partial charge in [-0.2, -0.15) is 5.10 Å². The summed E-state index contributed by atoms with van der Waals surface area (Å²) in [5, 5.41) is 7.01. The van der Waals surface area contributed by atoms with Crippen molar-refractivity contribution >= 4 is 12.2 Å². The molecule has 90 valence electrons. The number of aryl methyl sites for hydroxylation is 1. The fourth-order valence-electron chi connectivity index (χ4n) is 2.54. The average molecular weight is 241 g/mol. The number of rotatable bonds is 3. The normalized spacial score (nSPS) is 27.8. The number of nitrogens with zero attached hydrogens (tertiary/aromatic N) is 2. The highest BCUT2D eigenvalue weighted by Crippen LogP contribution is 2.51. The molecule has 0 saturated heterocycles. The summed E-state index contributed by atoms with van der Waals surface area (Å²) in [7, 11) is 0. The van der Waals surface area contributed by atoms with Crippen LogP contribution in [0.1, 0.15) is 39.1 Å². The van der Waals surface area contributed by atoms with Crippen molar-refractivity contribution in [2.24, 2.45) is 5.41 Å². The average Bonchev–Trinajstić information content (AvgIpc) is 2.54. The van der Waals surface area contributed by atoms with E-state index in [-0.39, 0.29) is 5.41 Å². The molecule has 1 N–H and O–H groups in total. The first kappa shape index (κ1) is 11.8. The van der Waals surface area contributed by atoms with Crippen LogP contribution >= 0.6 is 12.2 Å². The van der Waals surface area contributed by atoms with Crippen molar-refractivity contribution in [3.8, 4) is 0 Å². The first-order chi connectivity index (χ1) is 7.48. The van der Waals surface area contributed by atoms with E-state index in [1.807, 2.05) is 13.8 Å². The molecule has 1 aliphatic rings. The van der Waals surface area contributed by atoms with Gasteiger partial charge in [0.05, 0.1) is 6.10 Å². The van der Waals surface area contributed by atoms with Gasteiger partial charge in [0.15, 0.2) is 4.77 Å². The summed E-state index contributed by atoms with van der Waals surface area (Å²) in [6, 6.07) is 0.398. The van der Waals surface area contributed by atoms with Crippen LogP contribution in [0, 0.1) is 17.1 Å². The predicted molar refractivity (Wildman–Crippen MR) is 65.0 cm³/mol. The first-order valence-electron chi connectivity index (χ1n) is 5.73. The van der Waals surface area contributed by atoms with Crippen molar-refractivity contribution in [3.63, 3.8) is 0 Å². The molecule has 0 radical (unpaired) electrons. The number of aromatic nitrogens is 3. The number of aromatic amines is 1. The van der Waals surface area contributed by atoms with Crippen LogP contribution in [-0.4, -0.2) is 27.5 Å². The second-order valence-corrected chi connectivity index (χ2v) is 5.35. The van der Waals surface area contributed by atoms with Gasteiger partial charge in [0.2, 0.25) is 0 Å². The van der Waals surface area contributed by atoms with Crippen LogP contribution in [0.5, 0.6) is 0 Å². The maximum Gasteiger partial charge on any atom is 0.195 e. The number of ether oxygens (including phenoxy) is 1. The molecular weight excluding hydrogens is 222 g/mol. The minimum atomic E-state index is 0.128. The molecule has 0 spiro atoms. The topological polar surface area (TPSA) is 42.8 Å². The van der Waals surface area contributed by atoms with Gasteiger partial charge in [-0.05, 0) is 32.5 Å². The maximum absolute atomic E-state index is 5.72. The minimum absolute atomic E-state index is 0.128. The smallest absolute Gasteiger partial charge is 0.195 e. The van der Waals surface area contributed by atoms with Crippen LogP contribution in [0.15, 0.2) is 0 Å². The lowest BCUT2D eigenvalue weighted by Crippen LogP contribution is -2.51. The first-order valence-corrected chi connectivity index (χ1v) is 6.14. The van der Waals surface area contributed by atoms with Gasteiger partial charge < -0.3 is 9.30 Å². The highest BCUT2D eigenvalue weighted by Gasteiger charge is 2.50. The summed E-state index contributed by atoms with van der Waals surface area (Å²) in [5.74, 6) is 0.957. The Morgan fingerprint density at radius 1 is 1.62 bits per heavy atom. The molecule has 4 nitrogen and oxygen atoms in total. The van der Waals surface area contributed by atoms with E-state index in [1.165, 1.54) is 0 Å². The molecule has 16 heavy (non-hydrogen) atoms. The van der Waals surface area contributed by atoms with Gasteiger partial charge >= 0.3 is 0 Å². The van der Waals surface area contributed by atoms with Crippen molar-refractivity contribution < 1.29 is 4.74 Å². The molecule has 0 amide bonds. The zero-order valence-electron chi connectivity index (χ0n) is 10.3. The molecule has 0 aromatic carbocycles. The van der Waals surface area contributed by atoms with Crippen molar-refractivity contribution in [1.82, 2.24) is 14.8 Å². The third-order valence-electron chi connectivity index (χ3n) is 3.69. The van der Waals surface area contributed by atoms with E-state index < -0.39 is 0 Å². The molecule has 2 unspecified atom stereocenters. The summed E-state index contributed by atoms with van der Waals surface area (Å²) in [6.45, 7) is 9.26. The monoisotopic (exact) mass is 241 g/mol. The second kappa shape index (κ2) is 3.96. The summed E-state index contributed by atoms with van der Waals surface area (Å²) >= 11 is 5.26. The van der Waals surface area contributed by atoms with Crippen molar-refractivity contribution in [2.75, 3.05) is 6.61 Å². The highest BCUT2D eigenvalue weighted by atomic mass is 32.1. The molecular formula is C11H19N3OS.